The summed E-state index contributed by atoms with van der Waals surface area (Å²) in [6.07, 6.45) is 0. The van der Waals surface area contributed by atoms with Gasteiger partial charge in [0.1, 0.15) is 5.69 Å². The molecule has 5 heteroatoms. The molecule has 1 N–H and O–H groups in total. The van der Waals surface area contributed by atoms with E-state index >= 15 is 0 Å². The molecule has 1 aliphatic heterocycles. The van der Waals surface area contributed by atoms with Crippen molar-refractivity contribution in [2.75, 3.05) is 26.2 Å². The Labute approximate surface area is 101 Å². The summed E-state index contributed by atoms with van der Waals surface area (Å²) >= 11 is 0. The fourth-order valence-electron chi connectivity index (χ4n) is 1.69. The number of aromatic nitrogens is 1. The summed E-state index contributed by atoms with van der Waals surface area (Å²) in [6, 6.07) is 5.55. The van der Waals surface area contributed by atoms with Crippen molar-refractivity contribution < 1.29 is 4.79 Å². The lowest BCUT2D eigenvalue weighted by Gasteiger charge is -2.27. The van der Waals surface area contributed by atoms with Crippen LogP contribution in [0.25, 0.3) is 0 Å². The summed E-state index contributed by atoms with van der Waals surface area (Å²) in [7, 11) is 0. The van der Waals surface area contributed by atoms with Crippen LogP contribution in [0.5, 0.6) is 0 Å². The van der Waals surface area contributed by atoms with Crippen molar-refractivity contribution in [2.24, 2.45) is 0 Å². The number of nitrogens with zero attached hydrogens (tertiary/aromatic N) is 2. The molecule has 1 aromatic heterocycles. The number of carbonyl (C=O) groups excluding carboxylic acids is 1. The van der Waals surface area contributed by atoms with E-state index in [1.54, 1.807) is 6.07 Å². The minimum absolute atomic E-state index is 0. The van der Waals surface area contributed by atoms with E-state index < -0.39 is 0 Å². The highest BCUT2D eigenvalue weighted by Crippen LogP contribution is 2.04. The number of rotatable bonds is 1. The second kappa shape index (κ2) is 5.82. The van der Waals surface area contributed by atoms with Crippen LogP contribution in [0.4, 0.5) is 0 Å². The molecule has 0 aliphatic carbocycles. The Hall–Kier alpha value is -1.13. The second-order valence-electron chi connectivity index (χ2n) is 3.71. The van der Waals surface area contributed by atoms with E-state index in [2.05, 4.69) is 10.3 Å². The smallest absolute Gasteiger partial charge is 0.272 e. The molecule has 1 fully saturated rings. The second-order valence-corrected chi connectivity index (χ2v) is 3.71. The Morgan fingerprint density at radius 2 is 2.06 bits per heavy atom. The van der Waals surface area contributed by atoms with Crippen LogP contribution in [0.15, 0.2) is 18.2 Å². The number of piperazine rings is 1. The highest BCUT2D eigenvalue weighted by molar-refractivity contribution is 5.92. The lowest BCUT2D eigenvalue weighted by Crippen LogP contribution is -2.46. The molecule has 0 unspecified atom stereocenters. The largest absolute Gasteiger partial charge is 0.335 e. The van der Waals surface area contributed by atoms with Gasteiger partial charge in [0.25, 0.3) is 5.91 Å². The van der Waals surface area contributed by atoms with Gasteiger partial charge in [0.05, 0.1) is 0 Å². The first-order valence-corrected chi connectivity index (χ1v) is 5.21. The van der Waals surface area contributed by atoms with Crippen LogP contribution >= 0.6 is 12.4 Å². The first-order valence-electron chi connectivity index (χ1n) is 5.21. The van der Waals surface area contributed by atoms with Crippen molar-refractivity contribution in [1.82, 2.24) is 15.2 Å². The van der Waals surface area contributed by atoms with Gasteiger partial charge < -0.3 is 10.2 Å². The Morgan fingerprint density at radius 1 is 1.38 bits per heavy atom. The third-order valence-electron chi connectivity index (χ3n) is 2.51. The van der Waals surface area contributed by atoms with E-state index in [4.69, 9.17) is 0 Å². The molecule has 1 saturated heterocycles. The average Bonchev–Trinajstić information content (AvgIpc) is 2.29. The molecule has 2 heterocycles. The van der Waals surface area contributed by atoms with Crippen LogP contribution in [-0.2, 0) is 0 Å². The quantitative estimate of drug-likeness (QED) is 0.793. The van der Waals surface area contributed by atoms with Gasteiger partial charge in [-0.05, 0) is 19.1 Å². The van der Waals surface area contributed by atoms with Crippen molar-refractivity contribution in [3.05, 3.63) is 29.6 Å². The van der Waals surface area contributed by atoms with Crippen molar-refractivity contribution in [3.63, 3.8) is 0 Å². The topological polar surface area (TPSA) is 45.2 Å². The van der Waals surface area contributed by atoms with Crippen LogP contribution in [0.1, 0.15) is 16.2 Å². The molecule has 0 spiro atoms. The molecule has 0 saturated carbocycles. The lowest BCUT2D eigenvalue weighted by atomic mass is 10.2. The predicted octanol–water partition coefficient (Wildman–Crippen LogP) is 0.857. The Kier molecular flexibility index (Phi) is 4.71. The summed E-state index contributed by atoms with van der Waals surface area (Å²) in [5, 5.41) is 3.22. The highest BCUT2D eigenvalue weighted by Gasteiger charge is 2.18. The predicted molar refractivity (Wildman–Crippen MR) is 65.0 cm³/mol. The third-order valence-corrected chi connectivity index (χ3v) is 2.51. The Morgan fingerprint density at radius 3 is 2.69 bits per heavy atom. The van der Waals surface area contributed by atoms with E-state index in [9.17, 15) is 4.79 Å². The van der Waals surface area contributed by atoms with Gasteiger partial charge in [-0.3, -0.25) is 4.79 Å². The van der Waals surface area contributed by atoms with Crippen LogP contribution < -0.4 is 5.32 Å². The number of halogens is 1. The van der Waals surface area contributed by atoms with Crippen LogP contribution in [0, 0.1) is 6.92 Å². The van der Waals surface area contributed by atoms with Gasteiger partial charge in [-0.1, -0.05) is 6.07 Å². The van der Waals surface area contributed by atoms with Gasteiger partial charge in [-0.15, -0.1) is 12.4 Å². The molecule has 4 nitrogen and oxygen atoms in total. The van der Waals surface area contributed by atoms with Gasteiger partial charge in [0.15, 0.2) is 0 Å². The molecule has 16 heavy (non-hydrogen) atoms. The van der Waals surface area contributed by atoms with Crippen LogP contribution in [0.2, 0.25) is 0 Å². The summed E-state index contributed by atoms with van der Waals surface area (Å²) in [6.45, 7) is 5.19. The summed E-state index contributed by atoms with van der Waals surface area (Å²) in [4.78, 5) is 18.1. The molecule has 0 bridgehead atoms. The summed E-state index contributed by atoms with van der Waals surface area (Å²) in [5.74, 6) is 0.0419. The van der Waals surface area contributed by atoms with Gasteiger partial charge in [0.2, 0.25) is 0 Å². The average molecular weight is 242 g/mol. The van der Waals surface area contributed by atoms with E-state index in [1.807, 2.05) is 24.0 Å². The SMILES string of the molecule is Cc1cccc(C(=O)N2CCNCC2)n1.Cl. The number of pyridine rings is 1. The first-order chi connectivity index (χ1) is 7.27. The fourth-order valence-corrected chi connectivity index (χ4v) is 1.69. The number of hydrogen-bond acceptors (Lipinski definition) is 3. The maximum atomic E-state index is 12.0. The number of aryl methyl sites for hydroxylation is 1. The lowest BCUT2D eigenvalue weighted by molar-refractivity contribution is 0.0729. The van der Waals surface area contributed by atoms with Crippen LogP contribution in [-0.4, -0.2) is 42.0 Å². The van der Waals surface area contributed by atoms with E-state index in [1.165, 1.54) is 0 Å². The number of hydrogen-bond donors (Lipinski definition) is 1. The summed E-state index contributed by atoms with van der Waals surface area (Å²) < 4.78 is 0. The van der Waals surface area contributed by atoms with Gasteiger partial charge in [-0.25, -0.2) is 4.98 Å². The van der Waals surface area contributed by atoms with Crippen molar-refractivity contribution in [1.29, 1.82) is 0 Å². The van der Waals surface area contributed by atoms with Crippen molar-refractivity contribution >= 4 is 18.3 Å². The molecule has 1 amide bonds. The first kappa shape index (κ1) is 12.9. The molecule has 0 atom stereocenters. The van der Waals surface area contributed by atoms with Crippen molar-refractivity contribution in [2.45, 2.75) is 6.92 Å². The van der Waals surface area contributed by atoms with Gasteiger partial charge in [0, 0.05) is 31.9 Å². The number of carbonyl (C=O) groups is 1. The molecule has 0 aromatic carbocycles. The zero-order chi connectivity index (χ0) is 10.7. The normalized spacial score (nSPS) is 15.4. The summed E-state index contributed by atoms with van der Waals surface area (Å²) in [5.41, 5.74) is 1.44. The molecule has 2 rings (SSSR count). The molecule has 88 valence electrons. The minimum atomic E-state index is 0. The monoisotopic (exact) mass is 241 g/mol. The van der Waals surface area contributed by atoms with Crippen molar-refractivity contribution in [3.8, 4) is 0 Å². The molecule has 0 radical (unpaired) electrons. The van der Waals surface area contributed by atoms with E-state index in [-0.39, 0.29) is 18.3 Å². The van der Waals surface area contributed by atoms with E-state index in [0.29, 0.717) is 5.69 Å². The van der Waals surface area contributed by atoms with Gasteiger partial charge in [-0.2, -0.15) is 0 Å². The van der Waals surface area contributed by atoms with Crippen LogP contribution in [0.3, 0.4) is 0 Å². The standard InChI is InChI=1S/C11H15N3O.ClH/c1-9-3-2-4-10(13-9)11(15)14-7-5-12-6-8-14;/h2-4,12H,5-8H2,1H3;1H. The molecular weight excluding hydrogens is 226 g/mol. The third kappa shape index (κ3) is 2.93. The minimum Gasteiger partial charge on any atom is -0.335 e. The molecule has 1 aromatic rings. The van der Waals surface area contributed by atoms with Gasteiger partial charge >= 0.3 is 0 Å². The molecular formula is C11H16ClN3O. The fraction of sp³-hybridized carbons (Fsp3) is 0.455. The zero-order valence-electron chi connectivity index (χ0n) is 9.27. The van der Waals surface area contributed by atoms with E-state index in [0.717, 1.165) is 31.9 Å². The maximum Gasteiger partial charge on any atom is 0.272 e. The number of amides is 1. The molecule has 1 aliphatic rings. The Balaban J connectivity index is 0.00000128. The maximum absolute atomic E-state index is 12.0. The zero-order valence-corrected chi connectivity index (χ0v) is 10.1. The highest BCUT2D eigenvalue weighted by atomic mass is 35.5. The number of nitrogens with one attached hydrogen (secondary N) is 1. The Bertz CT molecular complexity index is 364.